The molecule has 0 saturated carbocycles. The predicted octanol–water partition coefficient (Wildman–Crippen LogP) is 1.93. The van der Waals surface area contributed by atoms with Crippen molar-refractivity contribution in [3.63, 3.8) is 0 Å². The maximum atomic E-state index is 11.8. The summed E-state index contributed by atoms with van der Waals surface area (Å²) in [7, 11) is 0. The number of carbonyl (C=O) groups is 2. The number of nitrogens with one attached hydrogen (secondary N) is 1. The van der Waals surface area contributed by atoms with E-state index in [2.05, 4.69) is 10.3 Å². The van der Waals surface area contributed by atoms with Gasteiger partial charge in [0.2, 0.25) is 5.91 Å². The van der Waals surface area contributed by atoms with E-state index in [4.69, 9.17) is 5.11 Å². The fourth-order valence-corrected chi connectivity index (χ4v) is 2.27. The van der Waals surface area contributed by atoms with Gasteiger partial charge in [0.1, 0.15) is 5.01 Å². The van der Waals surface area contributed by atoms with E-state index in [1.807, 2.05) is 0 Å². The van der Waals surface area contributed by atoms with E-state index in [0.717, 1.165) is 11.3 Å². The van der Waals surface area contributed by atoms with Crippen LogP contribution in [-0.2, 0) is 11.2 Å². The largest absolute Gasteiger partial charge is 0.476 e. The Morgan fingerprint density at radius 1 is 1.33 bits per heavy atom. The molecule has 9 heteroatoms. The van der Waals surface area contributed by atoms with Crippen molar-refractivity contribution in [3.8, 4) is 0 Å². The Bertz CT molecular complexity index is 695. The van der Waals surface area contributed by atoms with Crippen LogP contribution in [0.15, 0.2) is 29.6 Å². The molecule has 0 fully saturated rings. The van der Waals surface area contributed by atoms with Crippen molar-refractivity contribution in [2.45, 2.75) is 6.42 Å². The molecule has 8 nitrogen and oxygen atoms in total. The predicted molar refractivity (Wildman–Crippen MR) is 74.5 cm³/mol. The first kappa shape index (κ1) is 14.6. The van der Waals surface area contributed by atoms with E-state index < -0.39 is 10.9 Å². The second kappa shape index (κ2) is 6.09. The molecule has 2 rings (SSSR count). The molecular weight excluding hydrogens is 298 g/mol. The molecule has 0 unspecified atom stereocenters. The zero-order valence-corrected chi connectivity index (χ0v) is 11.3. The highest BCUT2D eigenvalue weighted by molar-refractivity contribution is 7.09. The number of non-ortho nitro benzene ring substituents is 1. The van der Waals surface area contributed by atoms with Crippen molar-refractivity contribution < 1.29 is 19.6 Å². The molecule has 0 atom stereocenters. The van der Waals surface area contributed by atoms with Gasteiger partial charge in [0, 0.05) is 23.2 Å². The van der Waals surface area contributed by atoms with Gasteiger partial charge in [0.15, 0.2) is 5.69 Å². The van der Waals surface area contributed by atoms with Gasteiger partial charge >= 0.3 is 5.97 Å². The first-order valence-electron chi connectivity index (χ1n) is 5.67. The molecule has 1 amide bonds. The molecule has 0 saturated heterocycles. The number of anilines is 1. The van der Waals surface area contributed by atoms with Crippen LogP contribution in [0.5, 0.6) is 0 Å². The van der Waals surface area contributed by atoms with Crippen molar-refractivity contribution >= 4 is 34.6 Å². The molecular formula is C12H9N3O5S. The molecule has 0 aliphatic heterocycles. The maximum absolute atomic E-state index is 11.8. The Morgan fingerprint density at radius 3 is 2.52 bits per heavy atom. The third-order valence-electron chi connectivity index (χ3n) is 2.44. The topological polar surface area (TPSA) is 122 Å². The fraction of sp³-hybridized carbons (Fsp3) is 0.0833. The number of hydrogen-bond acceptors (Lipinski definition) is 6. The third-order valence-corrected chi connectivity index (χ3v) is 3.29. The average Bonchev–Trinajstić information content (AvgIpc) is 2.87. The number of aromatic carboxylic acids is 1. The minimum Gasteiger partial charge on any atom is -0.476 e. The molecule has 0 radical (unpaired) electrons. The first-order valence-corrected chi connectivity index (χ1v) is 6.55. The standard InChI is InChI=1S/C12H9N3O5S/c16-10(5-11-14-9(6-21-11)12(17)18)13-7-1-3-8(4-2-7)15(19)20/h1-4,6H,5H2,(H,13,16)(H,17,18). The molecule has 1 aromatic heterocycles. The highest BCUT2D eigenvalue weighted by atomic mass is 32.1. The van der Waals surface area contributed by atoms with E-state index in [-0.39, 0.29) is 23.7 Å². The van der Waals surface area contributed by atoms with Gasteiger partial charge in [-0.1, -0.05) is 0 Å². The number of amides is 1. The van der Waals surface area contributed by atoms with Crippen LogP contribution in [0.1, 0.15) is 15.5 Å². The third kappa shape index (κ3) is 3.83. The van der Waals surface area contributed by atoms with Crippen molar-refractivity contribution in [2.24, 2.45) is 0 Å². The lowest BCUT2D eigenvalue weighted by atomic mass is 10.3. The Labute approximate surface area is 122 Å². The number of carboxylic acids is 1. The number of carboxylic acid groups (broad SMARTS) is 1. The summed E-state index contributed by atoms with van der Waals surface area (Å²) in [6.45, 7) is 0. The number of nitro groups is 1. The van der Waals surface area contributed by atoms with Crippen molar-refractivity contribution in [1.82, 2.24) is 4.98 Å². The number of rotatable bonds is 5. The zero-order chi connectivity index (χ0) is 15.4. The summed E-state index contributed by atoms with van der Waals surface area (Å²) < 4.78 is 0. The number of aromatic nitrogens is 1. The first-order chi connectivity index (χ1) is 9.95. The van der Waals surface area contributed by atoms with Crippen LogP contribution in [0, 0.1) is 10.1 Å². The lowest BCUT2D eigenvalue weighted by molar-refractivity contribution is -0.384. The fourth-order valence-electron chi connectivity index (χ4n) is 1.50. The number of carbonyl (C=O) groups excluding carboxylic acids is 1. The summed E-state index contributed by atoms with van der Waals surface area (Å²) in [5.41, 5.74) is 0.248. The summed E-state index contributed by atoms with van der Waals surface area (Å²) in [4.78, 5) is 36.2. The molecule has 0 spiro atoms. The molecule has 0 aliphatic carbocycles. The lowest BCUT2D eigenvalue weighted by Crippen LogP contribution is -2.14. The number of nitrogens with zero attached hydrogens (tertiary/aromatic N) is 2. The summed E-state index contributed by atoms with van der Waals surface area (Å²) in [6.07, 6.45) is -0.0606. The minimum atomic E-state index is -1.15. The Morgan fingerprint density at radius 2 is 2.00 bits per heavy atom. The van der Waals surface area contributed by atoms with Crippen LogP contribution >= 0.6 is 11.3 Å². The van der Waals surface area contributed by atoms with Gasteiger partial charge in [-0.05, 0) is 12.1 Å². The molecule has 2 N–H and O–H groups in total. The normalized spacial score (nSPS) is 10.1. The summed E-state index contributed by atoms with van der Waals surface area (Å²) in [5.74, 6) is -1.52. The smallest absolute Gasteiger partial charge is 0.355 e. The lowest BCUT2D eigenvalue weighted by Gasteiger charge is -2.03. The van der Waals surface area contributed by atoms with Gasteiger partial charge < -0.3 is 10.4 Å². The second-order valence-electron chi connectivity index (χ2n) is 3.96. The molecule has 0 bridgehead atoms. The van der Waals surface area contributed by atoms with Crippen LogP contribution in [0.4, 0.5) is 11.4 Å². The van der Waals surface area contributed by atoms with Crippen LogP contribution in [-0.4, -0.2) is 26.9 Å². The number of nitro benzene ring substituents is 1. The van der Waals surface area contributed by atoms with E-state index in [9.17, 15) is 19.7 Å². The van der Waals surface area contributed by atoms with E-state index >= 15 is 0 Å². The molecule has 2 aromatic rings. The summed E-state index contributed by atoms with van der Waals surface area (Å²) in [5, 5.41) is 23.5. The van der Waals surface area contributed by atoms with Gasteiger partial charge in [0.05, 0.1) is 11.3 Å². The summed E-state index contributed by atoms with van der Waals surface area (Å²) in [6, 6.07) is 5.39. The zero-order valence-electron chi connectivity index (χ0n) is 10.5. The van der Waals surface area contributed by atoms with Crippen LogP contribution in [0.2, 0.25) is 0 Å². The number of benzene rings is 1. The highest BCUT2D eigenvalue weighted by Crippen LogP contribution is 2.16. The maximum Gasteiger partial charge on any atom is 0.355 e. The SMILES string of the molecule is O=C(Cc1nc(C(=O)O)cs1)Nc1ccc([N+](=O)[O-])cc1. The van der Waals surface area contributed by atoms with Crippen LogP contribution in [0.25, 0.3) is 0 Å². The minimum absolute atomic E-state index is 0.0606. The van der Waals surface area contributed by atoms with Crippen molar-refractivity contribution in [3.05, 3.63) is 50.5 Å². The monoisotopic (exact) mass is 307 g/mol. The van der Waals surface area contributed by atoms with Crippen molar-refractivity contribution in [2.75, 3.05) is 5.32 Å². The van der Waals surface area contributed by atoms with E-state index in [1.165, 1.54) is 29.6 Å². The van der Waals surface area contributed by atoms with E-state index in [0.29, 0.717) is 10.7 Å². The Balaban J connectivity index is 1.97. The molecule has 1 aromatic carbocycles. The van der Waals surface area contributed by atoms with Crippen LogP contribution < -0.4 is 5.32 Å². The van der Waals surface area contributed by atoms with E-state index in [1.54, 1.807) is 0 Å². The Hall–Kier alpha value is -2.81. The highest BCUT2D eigenvalue weighted by Gasteiger charge is 2.12. The second-order valence-corrected chi connectivity index (χ2v) is 4.90. The van der Waals surface area contributed by atoms with Gasteiger partial charge in [-0.3, -0.25) is 14.9 Å². The van der Waals surface area contributed by atoms with Crippen LogP contribution in [0.3, 0.4) is 0 Å². The summed E-state index contributed by atoms with van der Waals surface area (Å²) >= 11 is 1.08. The number of thiazole rings is 1. The molecule has 1 heterocycles. The van der Waals surface area contributed by atoms with Crippen molar-refractivity contribution in [1.29, 1.82) is 0 Å². The van der Waals surface area contributed by atoms with Gasteiger partial charge in [-0.2, -0.15) is 0 Å². The number of hydrogen-bond donors (Lipinski definition) is 2. The van der Waals surface area contributed by atoms with Gasteiger partial charge in [0.25, 0.3) is 5.69 Å². The van der Waals surface area contributed by atoms with Gasteiger partial charge in [-0.15, -0.1) is 11.3 Å². The molecule has 21 heavy (non-hydrogen) atoms. The molecule has 108 valence electrons. The Kier molecular flexibility index (Phi) is 4.24. The quantitative estimate of drug-likeness (QED) is 0.642. The molecule has 0 aliphatic rings. The van der Waals surface area contributed by atoms with Gasteiger partial charge in [-0.25, -0.2) is 9.78 Å². The average molecular weight is 307 g/mol.